The van der Waals surface area contributed by atoms with E-state index < -0.39 is 0 Å². The van der Waals surface area contributed by atoms with Crippen molar-refractivity contribution in [2.75, 3.05) is 18.5 Å². The van der Waals surface area contributed by atoms with Gasteiger partial charge < -0.3 is 10.6 Å². The highest BCUT2D eigenvalue weighted by Crippen LogP contribution is 2.19. The maximum Gasteiger partial charge on any atom is 0.128 e. The van der Waals surface area contributed by atoms with Crippen LogP contribution < -0.4 is 10.6 Å². The van der Waals surface area contributed by atoms with Crippen molar-refractivity contribution in [3.05, 3.63) is 23.9 Å². The molecule has 1 aromatic rings. The van der Waals surface area contributed by atoms with Gasteiger partial charge in [-0.1, -0.05) is 26.8 Å². The molecule has 0 radical (unpaired) electrons. The molecule has 0 bridgehead atoms. The molecule has 0 aliphatic heterocycles. The number of pyridine rings is 1. The second kappa shape index (κ2) is 4.83. The fourth-order valence-electron chi connectivity index (χ4n) is 1.69. The van der Waals surface area contributed by atoms with Crippen molar-refractivity contribution in [3.8, 4) is 0 Å². The Kier molecular flexibility index (Phi) is 3.92. The number of hydrogen-bond acceptors (Lipinski definition) is 3. The summed E-state index contributed by atoms with van der Waals surface area (Å²) in [7, 11) is 2.07. The van der Waals surface area contributed by atoms with Crippen LogP contribution in [0.3, 0.4) is 0 Å². The van der Waals surface area contributed by atoms with E-state index in [2.05, 4.69) is 37.7 Å². The molecule has 2 N–H and O–H groups in total. The van der Waals surface area contributed by atoms with Crippen LogP contribution in [0, 0.1) is 5.41 Å². The Morgan fingerprint density at radius 3 is 2.38 bits per heavy atom. The molecule has 16 heavy (non-hydrogen) atoms. The Morgan fingerprint density at radius 1 is 1.38 bits per heavy atom. The molecule has 1 unspecified atom stereocenters. The van der Waals surface area contributed by atoms with Crippen molar-refractivity contribution in [2.45, 2.75) is 33.7 Å². The lowest BCUT2D eigenvalue weighted by Gasteiger charge is -2.27. The van der Waals surface area contributed by atoms with Gasteiger partial charge in [0.25, 0.3) is 0 Å². The minimum Gasteiger partial charge on any atom is -0.359 e. The summed E-state index contributed by atoms with van der Waals surface area (Å²) in [6, 6.07) is 4.13. The van der Waals surface area contributed by atoms with E-state index in [-0.39, 0.29) is 11.5 Å². The SMILES string of the molecule is CC(N)c1ccc(N(C)CC(C)(C)C)nc1. The smallest absolute Gasteiger partial charge is 0.128 e. The van der Waals surface area contributed by atoms with Crippen molar-refractivity contribution in [1.82, 2.24) is 4.98 Å². The molecule has 0 aromatic carbocycles. The lowest BCUT2D eigenvalue weighted by atomic mass is 9.96. The van der Waals surface area contributed by atoms with E-state index >= 15 is 0 Å². The van der Waals surface area contributed by atoms with Gasteiger partial charge in [-0.05, 0) is 24.0 Å². The summed E-state index contributed by atoms with van der Waals surface area (Å²) in [5.74, 6) is 0.999. The Morgan fingerprint density at radius 2 is 2.00 bits per heavy atom. The summed E-state index contributed by atoms with van der Waals surface area (Å²) in [6.45, 7) is 9.62. The third-order valence-corrected chi connectivity index (χ3v) is 2.40. The van der Waals surface area contributed by atoms with E-state index in [1.54, 1.807) is 0 Å². The first-order valence-electron chi connectivity index (χ1n) is 5.72. The molecule has 0 aliphatic rings. The van der Waals surface area contributed by atoms with E-state index in [4.69, 9.17) is 5.73 Å². The normalized spacial score (nSPS) is 13.6. The predicted octanol–water partition coefficient (Wildman–Crippen LogP) is 2.58. The van der Waals surface area contributed by atoms with Gasteiger partial charge in [0.15, 0.2) is 0 Å². The maximum absolute atomic E-state index is 5.79. The second-order valence-corrected chi connectivity index (χ2v) is 5.66. The minimum atomic E-state index is 0.0504. The number of nitrogens with two attached hydrogens (primary N) is 1. The molecule has 90 valence electrons. The van der Waals surface area contributed by atoms with Crippen molar-refractivity contribution in [3.63, 3.8) is 0 Å². The number of nitrogens with zero attached hydrogens (tertiary/aromatic N) is 2. The molecule has 1 rings (SSSR count). The number of anilines is 1. The number of rotatable bonds is 3. The summed E-state index contributed by atoms with van der Waals surface area (Å²) >= 11 is 0. The summed E-state index contributed by atoms with van der Waals surface area (Å²) in [4.78, 5) is 6.60. The molecular weight excluding hydrogens is 198 g/mol. The zero-order valence-corrected chi connectivity index (χ0v) is 11.0. The molecule has 0 aliphatic carbocycles. The molecule has 3 heteroatoms. The van der Waals surface area contributed by atoms with E-state index in [9.17, 15) is 0 Å². The second-order valence-electron chi connectivity index (χ2n) is 5.66. The van der Waals surface area contributed by atoms with E-state index in [1.807, 2.05) is 25.3 Å². The molecular formula is C13H23N3. The highest BCUT2D eigenvalue weighted by Gasteiger charge is 2.14. The standard InChI is InChI=1S/C13H23N3/c1-10(14)11-6-7-12(15-8-11)16(5)9-13(2,3)4/h6-8,10H,9,14H2,1-5H3. The first-order valence-corrected chi connectivity index (χ1v) is 5.72. The molecule has 1 aromatic heterocycles. The average molecular weight is 221 g/mol. The summed E-state index contributed by atoms with van der Waals surface area (Å²) in [6.07, 6.45) is 1.86. The van der Waals surface area contributed by atoms with Gasteiger partial charge in [0.1, 0.15) is 5.82 Å². The van der Waals surface area contributed by atoms with Gasteiger partial charge in [-0.25, -0.2) is 4.98 Å². The molecule has 0 saturated carbocycles. The van der Waals surface area contributed by atoms with Crippen LogP contribution in [0.25, 0.3) is 0 Å². The van der Waals surface area contributed by atoms with Crippen LogP contribution in [0.2, 0.25) is 0 Å². The Hall–Kier alpha value is -1.09. The van der Waals surface area contributed by atoms with Crippen LogP contribution in [0.4, 0.5) is 5.82 Å². The largest absolute Gasteiger partial charge is 0.359 e. The van der Waals surface area contributed by atoms with Gasteiger partial charge in [0.2, 0.25) is 0 Å². The number of hydrogen-bond donors (Lipinski definition) is 1. The third-order valence-electron chi connectivity index (χ3n) is 2.40. The van der Waals surface area contributed by atoms with Crippen molar-refractivity contribution in [2.24, 2.45) is 11.1 Å². The average Bonchev–Trinajstić information content (AvgIpc) is 2.15. The molecule has 0 saturated heterocycles. The zero-order chi connectivity index (χ0) is 12.3. The topological polar surface area (TPSA) is 42.1 Å². The molecule has 1 heterocycles. The van der Waals surface area contributed by atoms with Crippen LogP contribution in [0.5, 0.6) is 0 Å². The van der Waals surface area contributed by atoms with Gasteiger partial charge in [-0.2, -0.15) is 0 Å². The zero-order valence-electron chi connectivity index (χ0n) is 11.0. The van der Waals surface area contributed by atoms with Gasteiger partial charge >= 0.3 is 0 Å². The molecule has 1 atom stereocenters. The Labute approximate surface area is 98.7 Å². The van der Waals surface area contributed by atoms with E-state index in [1.165, 1.54) is 0 Å². The van der Waals surface area contributed by atoms with Gasteiger partial charge in [-0.3, -0.25) is 0 Å². The Bertz CT molecular complexity index is 322. The molecule has 3 nitrogen and oxygen atoms in total. The molecule has 0 spiro atoms. The van der Waals surface area contributed by atoms with Crippen LogP contribution in [-0.2, 0) is 0 Å². The van der Waals surface area contributed by atoms with Crippen LogP contribution in [0.15, 0.2) is 18.3 Å². The highest BCUT2D eigenvalue weighted by molar-refractivity contribution is 5.39. The number of aromatic nitrogens is 1. The first kappa shape index (κ1) is 13.0. The maximum atomic E-state index is 5.79. The van der Waals surface area contributed by atoms with Gasteiger partial charge in [-0.15, -0.1) is 0 Å². The summed E-state index contributed by atoms with van der Waals surface area (Å²) in [5, 5.41) is 0. The van der Waals surface area contributed by atoms with Crippen molar-refractivity contribution >= 4 is 5.82 Å². The van der Waals surface area contributed by atoms with Gasteiger partial charge in [0.05, 0.1) is 0 Å². The third kappa shape index (κ3) is 3.81. The Balaban J connectivity index is 2.74. The first-order chi connectivity index (χ1) is 7.29. The van der Waals surface area contributed by atoms with Gasteiger partial charge in [0, 0.05) is 25.8 Å². The summed E-state index contributed by atoms with van der Waals surface area (Å²) < 4.78 is 0. The van der Waals surface area contributed by atoms with Crippen molar-refractivity contribution < 1.29 is 0 Å². The minimum absolute atomic E-state index is 0.0504. The highest BCUT2D eigenvalue weighted by atomic mass is 15.2. The van der Waals surface area contributed by atoms with Crippen LogP contribution in [-0.4, -0.2) is 18.6 Å². The lowest BCUT2D eigenvalue weighted by Crippen LogP contribution is -2.29. The monoisotopic (exact) mass is 221 g/mol. The van der Waals surface area contributed by atoms with Crippen molar-refractivity contribution in [1.29, 1.82) is 0 Å². The predicted molar refractivity (Wildman–Crippen MR) is 69.6 cm³/mol. The van der Waals surface area contributed by atoms with E-state index in [0.29, 0.717) is 0 Å². The quantitative estimate of drug-likeness (QED) is 0.853. The fourth-order valence-corrected chi connectivity index (χ4v) is 1.69. The fraction of sp³-hybridized carbons (Fsp3) is 0.615. The van der Waals surface area contributed by atoms with Crippen LogP contribution >= 0.6 is 0 Å². The molecule has 0 amide bonds. The lowest BCUT2D eigenvalue weighted by molar-refractivity contribution is 0.418. The summed E-state index contributed by atoms with van der Waals surface area (Å²) in [5.41, 5.74) is 7.14. The molecule has 0 fully saturated rings. The van der Waals surface area contributed by atoms with E-state index in [0.717, 1.165) is 17.9 Å². The van der Waals surface area contributed by atoms with Crippen LogP contribution in [0.1, 0.15) is 39.3 Å².